The lowest BCUT2D eigenvalue weighted by molar-refractivity contribution is -0.140. The number of amides is 2. The molecule has 0 spiro atoms. The SMILES string of the molecule is Cc1oc(C)c(-c2nc(N(C(=O)[C@@H](CC(=O)O)Cc3ccccc3)C3CC3)sc2F)c1-c1ccc(N2CCCC2=O)nc1. The molecule has 43 heavy (non-hydrogen) atoms. The van der Waals surface area contributed by atoms with E-state index >= 15 is 4.39 Å². The van der Waals surface area contributed by atoms with Crippen molar-refractivity contribution >= 4 is 40.1 Å². The normalized spacial score (nSPS) is 15.6. The standard InChI is InChI=1S/C32H31FN4O5S/c1-18-27(21-10-13-24(34-17-21)36-14-6-9-25(36)38)28(19(2)42-18)29-30(33)43-32(35-29)37(23-11-12-23)31(41)22(16-26(39)40)15-20-7-4-3-5-8-20/h3-5,7-8,10,13,17,22-23H,6,9,11-12,14-16H2,1-2H3,(H,39,40)/t22-/m1/s1. The summed E-state index contributed by atoms with van der Waals surface area (Å²) in [6.07, 6.45) is 4.33. The van der Waals surface area contributed by atoms with Crippen molar-refractivity contribution in [3.63, 3.8) is 0 Å². The van der Waals surface area contributed by atoms with Gasteiger partial charge in [-0.15, -0.1) is 0 Å². The Bertz CT molecular complexity index is 1680. The number of carbonyl (C=O) groups is 3. The number of rotatable bonds is 10. The summed E-state index contributed by atoms with van der Waals surface area (Å²) in [5, 5.41) is 9.24. The Morgan fingerprint density at radius 1 is 1.14 bits per heavy atom. The molecule has 1 saturated carbocycles. The zero-order valence-corrected chi connectivity index (χ0v) is 24.7. The first-order valence-electron chi connectivity index (χ1n) is 14.3. The van der Waals surface area contributed by atoms with Gasteiger partial charge in [0.25, 0.3) is 0 Å². The van der Waals surface area contributed by atoms with E-state index in [1.807, 2.05) is 36.4 Å². The van der Waals surface area contributed by atoms with Crippen LogP contribution in [0.25, 0.3) is 22.4 Å². The number of aliphatic carboxylic acids is 1. The molecular weight excluding hydrogens is 571 g/mol. The van der Waals surface area contributed by atoms with Gasteiger partial charge < -0.3 is 9.52 Å². The van der Waals surface area contributed by atoms with Crippen molar-refractivity contribution in [1.29, 1.82) is 0 Å². The Morgan fingerprint density at radius 3 is 2.51 bits per heavy atom. The van der Waals surface area contributed by atoms with Crippen molar-refractivity contribution in [3.05, 3.63) is 70.9 Å². The third-order valence-corrected chi connectivity index (χ3v) is 8.75. The maximum atomic E-state index is 15.8. The number of benzene rings is 1. The number of aromatic nitrogens is 2. The molecule has 1 atom stereocenters. The summed E-state index contributed by atoms with van der Waals surface area (Å²) in [5.74, 6) is -0.622. The zero-order valence-electron chi connectivity index (χ0n) is 23.9. The number of carboxylic acids is 1. The molecule has 4 heterocycles. The molecule has 9 nitrogen and oxygen atoms in total. The first-order valence-corrected chi connectivity index (χ1v) is 15.1. The van der Waals surface area contributed by atoms with Gasteiger partial charge in [-0.25, -0.2) is 9.97 Å². The van der Waals surface area contributed by atoms with Gasteiger partial charge in [0.15, 0.2) is 5.13 Å². The van der Waals surface area contributed by atoms with E-state index in [9.17, 15) is 19.5 Å². The number of halogens is 1. The molecule has 4 aromatic rings. The van der Waals surface area contributed by atoms with Crippen molar-refractivity contribution in [2.75, 3.05) is 16.3 Å². The van der Waals surface area contributed by atoms with Gasteiger partial charge in [0.1, 0.15) is 23.0 Å². The smallest absolute Gasteiger partial charge is 0.304 e. The number of carboxylic acid groups (broad SMARTS) is 1. The Hall–Kier alpha value is -4.38. The minimum atomic E-state index is -1.07. The second-order valence-corrected chi connectivity index (χ2v) is 12.0. The molecule has 1 N–H and O–H groups in total. The van der Waals surface area contributed by atoms with Gasteiger partial charge in [-0.2, -0.15) is 4.39 Å². The van der Waals surface area contributed by atoms with Crippen molar-refractivity contribution in [3.8, 4) is 22.4 Å². The molecule has 1 aliphatic heterocycles. The van der Waals surface area contributed by atoms with E-state index in [1.54, 1.807) is 31.0 Å². The summed E-state index contributed by atoms with van der Waals surface area (Å²) in [7, 11) is 0. The van der Waals surface area contributed by atoms with Crippen molar-refractivity contribution in [2.24, 2.45) is 5.92 Å². The number of anilines is 2. The third kappa shape index (κ3) is 5.81. The van der Waals surface area contributed by atoms with E-state index in [0.717, 1.165) is 36.2 Å². The molecule has 2 aliphatic rings. The molecular formula is C32H31FN4O5S. The van der Waals surface area contributed by atoms with Gasteiger partial charge in [0, 0.05) is 36.3 Å². The first-order chi connectivity index (χ1) is 20.7. The van der Waals surface area contributed by atoms with E-state index in [4.69, 9.17) is 4.42 Å². The van der Waals surface area contributed by atoms with E-state index in [1.165, 1.54) is 4.90 Å². The van der Waals surface area contributed by atoms with E-state index in [2.05, 4.69) is 9.97 Å². The van der Waals surface area contributed by atoms with Crippen LogP contribution in [-0.2, 0) is 20.8 Å². The van der Waals surface area contributed by atoms with Crippen molar-refractivity contribution in [2.45, 2.75) is 58.4 Å². The van der Waals surface area contributed by atoms with Gasteiger partial charge in [0.05, 0.1) is 17.9 Å². The molecule has 0 radical (unpaired) electrons. The number of hydrogen-bond acceptors (Lipinski definition) is 7. The quantitative estimate of drug-likeness (QED) is 0.231. The highest BCUT2D eigenvalue weighted by Crippen LogP contribution is 2.44. The number of nitrogens with zero attached hydrogens (tertiary/aromatic N) is 4. The zero-order chi connectivity index (χ0) is 30.2. The predicted octanol–water partition coefficient (Wildman–Crippen LogP) is 6.18. The van der Waals surface area contributed by atoms with E-state index in [-0.39, 0.29) is 41.5 Å². The average molecular weight is 603 g/mol. The summed E-state index contributed by atoms with van der Waals surface area (Å²) < 4.78 is 21.7. The average Bonchev–Trinajstić information content (AvgIpc) is 3.49. The second kappa shape index (κ2) is 11.7. The summed E-state index contributed by atoms with van der Waals surface area (Å²) in [6, 6.07) is 12.7. The highest BCUT2D eigenvalue weighted by Gasteiger charge is 2.40. The fourth-order valence-electron chi connectivity index (χ4n) is 5.76. The van der Waals surface area contributed by atoms with Crippen LogP contribution in [0.15, 0.2) is 53.1 Å². The fourth-order valence-corrected chi connectivity index (χ4v) is 6.64. The van der Waals surface area contributed by atoms with Crippen LogP contribution in [0.3, 0.4) is 0 Å². The summed E-state index contributed by atoms with van der Waals surface area (Å²) in [4.78, 5) is 50.1. The topological polar surface area (TPSA) is 117 Å². The highest BCUT2D eigenvalue weighted by molar-refractivity contribution is 7.14. The monoisotopic (exact) mass is 602 g/mol. The van der Waals surface area contributed by atoms with Crippen molar-refractivity contribution in [1.82, 2.24) is 9.97 Å². The Morgan fingerprint density at radius 2 is 1.88 bits per heavy atom. The van der Waals surface area contributed by atoms with Gasteiger partial charge in [-0.3, -0.25) is 24.2 Å². The lowest BCUT2D eigenvalue weighted by Gasteiger charge is -2.24. The van der Waals surface area contributed by atoms with Gasteiger partial charge in [-0.1, -0.05) is 41.7 Å². The van der Waals surface area contributed by atoms with Crippen LogP contribution < -0.4 is 9.80 Å². The second-order valence-electron chi connectivity index (χ2n) is 11.1. The van der Waals surface area contributed by atoms with Crippen LogP contribution in [0.1, 0.15) is 49.2 Å². The van der Waals surface area contributed by atoms with Gasteiger partial charge in [-0.05, 0) is 57.2 Å². The number of carbonyl (C=O) groups excluding carboxylic acids is 2. The molecule has 2 amide bonds. The Balaban J connectivity index is 1.34. The predicted molar refractivity (Wildman–Crippen MR) is 160 cm³/mol. The lowest BCUT2D eigenvalue weighted by Crippen LogP contribution is -2.39. The molecule has 11 heteroatoms. The lowest BCUT2D eigenvalue weighted by atomic mass is 9.94. The molecule has 2 fully saturated rings. The molecule has 0 unspecified atom stereocenters. The largest absolute Gasteiger partial charge is 0.481 e. The number of pyridine rings is 1. The van der Waals surface area contributed by atoms with Crippen LogP contribution in [0, 0.1) is 24.9 Å². The summed E-state index contributed by atoms with van der Waals surface area (Å²) in [6.45, 7) is 4.15. The van der Waals surface area contributed by atoms with Crippen LogP contribution in [0.4, 0.5) is 15.3 Å². The minimum Gasteiger partial charge on any atom is -0.481 e. The fraction of sp³-hybridized carbons (Fsp3) is 0.344. The third-order valence-electron chi connectivity index (χ3n) is 7.91. The van der Waals surface area contributed by atoms with E-state index < -0.39 is 17.0 Å². The molecule has 1 saturated heterocycles. The summed E-state index contributed by atoms with van der Waals surface area (Å²) >= 11 is 0.776. The molecule has 3 aromatic heterocycles. The number of thiazole rings is 1. The van der Waals surface area contributed by atoms with Gasteiger partial charge in [0.2, 0.25) is 16.9 Å². The number of aryl methyl sites for hydroxylation is 2. The Labute approximate surface area is 252 Å². The number of hydrogen-bond donors (Lipinski definition) is 1. The molecule has 6 rings (SSSR count). The van der Waals surface area contributed by atoms with Crippen molar-refractivity contribution < 1.29 is 28.3 Å². The Kier molecular flexibility index (Phi) is 7.83. The molecule has 0 bridgehead atoms. The molecule has 1 aliphatic carbocycles. The first kappa shape index (κ1) is 28.7. The van der Waals surface area contributed by atoms with E-state index in [0.29, 0.717) is 47.0 Å². The van der Waals surface area contributed by atoms with Crippen LogP contribution in [0.2, 0.25) is 0 Å². The molecule has 222 valence electrons. The maximum absolute atomic E-state index is 15.8. The van der Waals surface area contributed by atoms with Crippen LogP contribution >= 0.6 is 11.3 Å². The van der Waals surface area contributed by atoms with Gasteiger partial charge >= 0.3 is 5.97 Å². The van der Waals surface area contributed by atoms with Crippen LogP contribution in [-0.4, -0.2) is 45.4 Å². The number of furan rings is 1. The van der Waals surface area contributed by atoms with Crippen LogP contribution in [0.5, 0.6) is 0 Å². The maximum Gasteiger partial charge on any atom is 0.304 e. The molecule has 1 aromatic carbocycles. The summed E-state index contributed by atoms with van der Waals surface area (Å²) in [5.41, 5.74) is 2.72. The minimum absolute atomic E-state index is 0.0393. The highest BCUT2D eigenvalue weighted by atomic mass is 32.1.